The van der Waals surface area contributed by atoms with Crippen LogP contribution in [0, 0.1) is 0 Å². The van der Waals surface area contributed by atoms with Crippen molar-refractivity contribution in [2.24, 2.45) is 0 Å². The summed E-state index contributed by atoms with van der Waals surface area (Å²) in [6.07, 6.45) is 3.27. The third-order valence-corrected chi connectivity index (χ3v) is 1.67. The van der Waals surface area contributed by atoms with Crippen LogP contribution in [0.1, 0.15) is 18.3 Å². The van der Waals surface area contributed by atoms with Crippen LogP contribution in [0.5, 0.6) is 0 Å². The molecule has 0 bridgehead atoms. The molecule has 0 radical (unpaired) electrons. The van der Waals surface area contributed by atoms with Crippen LogP contribution in [-0.4, -0.2) is 15.8 Å². The lowest BCUT2D eigenvalue weighted by molar-refractivity contribution is -0.111. The molecule has 1 N–H and O–H groups in total. The fourth-order valence-electron chi connectivity index (χ4n) is 1.11. The number of hydrogen-bond acceptors (Lipinski definition) is 2. The van der Waals surface area contributed by atoms with Crippen molar-refractivity contribution in [3.05, 3.63) is 29.2 Å². The zero-order valence-electron chi connectivity index (χ0n) is 6.51. The summed E-state index contributed by atoms with van der Waals surface area (Å²) in [6.45, 7) is 1.49. The molecular weight excluding hydrogens is 152 g/mol. The van der Waals surface area contributed by atoms with Gasteiger partial charge >= 0.3 is 0 Å². The Bertz CT molecular complexity index is 441. The van der Waals surface area contributed by atoms with Crippen molar-refractivity contribution >= 4 is 17.4 Å². The number of aromatic nitrogens is 2. The van der Waals surface area contributed by atoms with Crippen molar-refractivity contribution in [2.45, 2.75) is 6.92 Å². The zero-order valence-corrected chi connectivity index (χ0v) is 6.51. The van der Waals surface area contributed by atoms with Crippen LogP contribution >= 0.6 is 0 Å². The van der Waals surface area contributed by atoms with Crippen molar-refractivity contribution in [3.63, 3.8) is 0 Å². The highest BCUT2D eigenvalue weighted by Crippen LogP contribution is 2.18. The average molecular weight is 158 g/mol. The maximum absolute atomic E-state index is 11.1. The predicted molar refractivity (Wildman–Crippen MR) is 44.2 cm³/mol. The first-order valence-corrected chi connectivity index (χ1v) is 3.55. The van der Waals surface area contributed by atoms with Crippen LogP contribution in [-0.2, 0) is 4.79 Å². The molecule has 1 heterocycles. The summed E-state index contributed by atoms with van der Waals surface area (Å²) in [7, 11) is 0. The third-order valence-electron chi connectivity index (χ3n) is 1.67. The van der Waals surface area contributed by atoms with E-state index in [4.69, 9.17) is 0 Å². The Kier molecular flexibility index (Phi) is 1.34. The van der Waals surface area contributed by atoms with Gasteiger partial charge in [-0.25, -0.2) is 4.98 Å². The smallest absolute Gasteiger partial charge is 0.170 e. The quantitative estimate of drug-likeness (QED) is 0.623. The molecule has 1 aliphatic rings. The number of ketones is 1. The molecule has 0 saturated heterocycles. The average Bonchev–Trinajstić information content (AvgIpc) is 2.49. The molecule has 0 fully saturated rings. The lowest BCUT2D eigenvalue weighted by Crippen LogP contribution is -1.98. The standard InChI is InChI=1S/C9H6N2O/c1-6(12)7-3-2-4-8-9(7)11-5-10-8/h4-5H,1H3,(H,10,11). The van der Waals surface area contributed by atoms with Gasteiger partial charge < -0.3 is 4.98 Å². The molecule has 0 saturated carbocycles. The minimum Gasteiger partial charge on any atom is -0.344 e. The lowest BCUT2D eigenvalue weighted by atomic mass is 10.1. The van der Waals surface area contributed by atoms with Gasteiger partial charge in [0.15, 0.2) is 5.78 Å². The van der Waals surface area contributed by atoms with E-state index >= 15 is 0 Å². The molecule has 12 heavy (non-hydrogen) atoms. The number of imidazole rings is 1. The number of fused-ring (bicyclic) bond motifs is 1. The van der Waals surface area contributed by atoms with E-state index in [2.05, 4.69) is 21.4 Å². The van der Waals surface area contributed by atoms with Gasteiger partial charge in [0.05, 0.1) is 17.6 Å². The van der Waals surface area contributed by atoms with Gasteiger partial charge in [-0.3, -0.25) is 4.79 Å². The Labute approximate surface area is 69.1 Å². The molecule has 2 rings (SSSR count). The second-order valence-corrected chi connectivity index (χ2v) is 2.51. The largest absolute Gasteiger partial charge is 0.344 e. The number of rotatable bonds is 1. The highest BCUT2D eigenvalue weighted by atomic mass is 16.1. The van der Waals surface area contributed by atoms with Gasteiger partial charge in [-0.15, -0.1) is 0 Å². The fraction of sp³-hybridized carbons (Fsp3) is 0.111. The number of nitrogens with one attached hydrogen (secondary N) is 1. The number of Topliss-reactive ketones (excluding diaryl/α,β-unsaturated/α-hetero) is 1. The maximum Gasteiger partial charge on any atom is 0.170 e. The van der Waals surface area contributed by atoms with Gasteiger partial charge in [0, 0.05) is 6.08 Å². The van der Waals surface area contributed by atoms with Crippen LogP contribution in [0.2, 0.25) is 0 Å². The van der Waals surface area contributed by atoms with Crippen LogP contribution < -0.4 is 0 Å². The van der Waals surface area contributed by atoms with E-state index < -0.39 is 0 Å². The summed E-state index contributed by atoms with van der Waals surface area (Å²) < 4.78 is 0. The topological polar surface area (TPSA) is 45.8 Å². The van der Waals surface area contributed by atoms with Gasteiger partial charge in [-0.2, -0.15) is 0 Å². The summed E-state index contributed by atoms with van der Waals surface area (Å²) in [6, 6.07) is 0. The summed E-state index contributed by atoms with van der Waals surface area (Å²) in [4.78, 5) is 18.0. The van der Waals surface area contributed by atoms with E-state index in [0.717, 1.165) is 5.69 Å². The number of carbonyl (C=O) groups excluding carboxylic acids is 1. The minimum absolute atomic E-state index is 0.0380. The van der Waals surface area contributed by atoms with Crippen LogP contribution in [0.15, 0.2) is 17.8 Å². The Morgan fingerprint density at radius 1 is 1.67 bits per heavy atom. The van der Waals surface area contributed by atoms with Gasteiger partial charge in [0.2, 0.25) is 0 Å². The molecule has 0 spiro atoms. The number of nitrogens with zero attached hydrogens (tertiary/aromatic N) is 1. The van der Waals surface area contributed by atoms with E-state index in [9.17, 15) is 4.79 Å². The van der Waals surface area contributed by atoms with E-state index in [0.29, 0.717) is 11.3 Å². The third kappa shape index (κ3) is 0.857. The monoisotopic (exact) mass is 158 g/mol. The molecule has 0 aliphatic heterocycles. The van der Waals surface area contributed by atoms with E-state index in [-0.39, 0.29) is 5.78 Å². The Balaban J connectivity index is 2.70. The van der Waals surface area contributed by atoms with Crippen LogP contribution in [0.25, 0.3) is 11.6 Å². The number of H-pyrrole nitrogens is 1. The molecule has 3 nitrogen and oxygen atoms in total. The number of aromatic amines is 1. The van der Waals surface area contributed by atoms with Crippen LogP contribution in [0.4, 0.5) is 0 Å². The first-order chi connectivity index (χ1) is 5.79. The molecule has 1 aromatic rings. The highest BCUT2D eigenvalue weighted by Gasteiger charge is 2.14. The molecule has 1 aromatic heterocycles. The fourth-order valence-corrected chi connectivity index (χ4v) is 1.11. The molecule has 0 aromatic carbocycles. The van der Waals surface area contributed by atoms with Crippen molar-refractivity contribution < 1.29 is 4.79 Å². The second kappa shape index (κ2) is 2.35. The summed E-state index contributed by atoms with van der Waals surface area (Å²) >= 11 is 0. The zero-order chi connectivity index (χ0) is 8.55. The normalized spacial score (nSPS) is 12.6. The van der Waals surface area contributed by atoms with E-state index in [1.807, 2.05) is 0 Å². The first kappa shape index (κ1) is 6.86. The summed E-state index contributed by atoms with van der Waals surface area (Å²) in [5.41, 5.74) is 7.47. The van der Waals surface area contributed by atoms with Gasteiger partial charge in [0.25, 0.3) is 0 Å². The molecule has 58 valence electrons. The molecule has 3 heteroatoms. The molecular formula is C9H6N2O. The number of allylic oxidation sites excluding steroid dienone is 1. The maximum atomic E-state index is 11.1. The number of carbonyl (C=O) groups is 1. The van der Waals surface area contributed by atoms with E-state index in [1.165, 1.54) is 6.92 Å². The van der Waals surface area contributed by atoms with Gasteiger partial charge in [0.1, 0.15) is 5.69 Å². The van der Waals surface area contributed by atoms with Crippen molar-refractivity contribution in [3.8, 4) is 0 Å². The molecule has 0 atom stereocenters. The van der Waals surface area contributed by atoms with Crippen molar-refractivity contribution in [2.75, 3.05) is 0 Å². The SMILES string of the molecule is CC(=O)C1=C=C=Cc2[nH]cnc21. The number of hydrogen-bond donors (Lipinski definition) is 1. The van der Waals surface area contributed by atoms with Crippen molar-refractivity contribution in [1.82, 2.24) is 9.97 Å². The minimum atomic E-state index is -0.0380. The van der Waals surface area contributed by atoms with Gasteiger partial charge in [-0.1, -0.05) is 11.5 Å². The van der Waals surface area contributed by atoms with Crippen molar-refractivity contribution in [1.29, 1.82) is 0 Å². The highest BCUT2D eigenvalue weighted by molar-refractivity contribution is 6.19. The second-order valence-electron chi connectivity index (χ2n) is 2.51. The summed E-state index contributed by atoms with van der Waals surface area (Å²) in [5.74, 6) is -0.0380. The molecule has 1 aliphatic carbocycles. The molecule has 0 amide bonds. The Morgan fingerprint density at radius 3 is 3.25 bits per heavy atom. The Morgan fingerprint density at radius 2 is 2.50 bits per heavy atom. The van der Waals surface area contributed by atoms with E-state index in [1.54, 1.807) is 12.4 Å². The van der Waals surface area contributed by atoms with Crippen LogP contribution in [0.3, 0.4) is 0 Å². The predicted octanol–water partition coefficient (Wildman–Crippen LogP) is 1.16. The first-order valence-electron chi connectivity index (χ1n) is 3.55. The Hall–Kier alpha value is -1.82. The van der Waals surface area contributed by atoms with Gasteiger partial charge in [-0.05, 0) is 6.92 Å². The lowest BCUT2D eigenvalue weighted by Gasteiger charge is -1.98. The molecule has 0 unspecified atom stereocenters. The summed E-state index contributed by atoms with van der Waals surface area (Å²) in [5, 5.41) is 0.